The molecule has 0 amide bonds. The van der Waals surface area contributed by atoms with Crippen molar-refractivity contribution in [3.8, 4) is 0 Å². The predicted molar refractivity (Wildman–Crippen MR) is 79.6 cm³/mol. The molecular formula is C15H14OS2. The van der Waals surface area contributed by atoms with Crippen molar-refractivity contribution in [2.75, 3.05) is 6.26 Å². The van der Waals surface area contributed by atoms with Crippen LogP contribution in [0.4, 0.5) is 0 Å². The Labute approximate surface area is 116 Å². The van der Waals surface area contributed by atoms with Crippen molar-refractivity contribution in [1.82, 2.24) is 0 Å². The van der Waals surface area contributed by atoms with Crippen LogP contribution in [0, 0.1) is 6.92 Å². The highest BCUT2D eigenvalue weighted by Gasteiger charge is 2.11. The minimum absolute atomic E-state index is 0.101. The van der Waals surface area contributed by atoms with Crippen molar-refractivity contribution in [3.05, 3.63) is 59.7 Å². The topological polar surface area (TPSA) is 17.1 Å². The smallest absolute Gasteiger partial charge is 0.225 e. The molecule has 0 radical (unpaired) electrons. The van der Waals surface area contributed by atoms with Gasteiger partial charge in [-0.1, -0.05) is 29.8 Å². The molecule has 2 aromatic rings. The number of rotatable bonds is 3. The minimum Gasteiger partial charge on any atom is -0.281 e. The summed E-state index contributed by atoms with van der Waals surface area (Å²) in [6, 6.07) is 15.7. The zero-order valence-corrected chi connectivity index (χ0v) is 12.0. The fraction of sp³-hybridized carbons (Fsp3) is 0.133. The normalized spacial score (nSPS) is 10.3. The Bertz CT molecular complexity index is 547. The quantitative estimate of drug-likeness (QED) is 0.758. The molecule has 0 N–H and O–H groups in total. The third kappa shape index (κ3) is 3.18. The van der Waals surface area contributed by atoms with Crippen LogP contribution in [0.3, 0.4) is 0 Å². The van der Waals surface area contributed by atoms with Crippen LogP contribution in [0.1, 0.15) is 15.9 Å². The highest BCUT2D eigenvalue weighted by Crippen LogP contribution is 2.28. The van der Waals surface area contributed by atoms with Crippen molar-refractivity contribution in [3.63, 3.8) is 0 Å². The molecule has 0 aromatic heterocycles. The summed E-state index contributed by atoms with van der Waals surface area (Å²) in [5.74, 6) is 0. The fourth-order valence-electron chi connectivity index (χ4n) is 1.58. The molecule has 1 nitrogen and oxygen atoms in total. The zero-order valence-electron chi connectivity index (χ0n) is 10.3. The van der Waals surface area contributed by atoms with E-state index in [2.05, 4.69) is 0 Å². The standard InChI is InChI=1S/C15H14OS2/c1-11-7-9-12(10-8-11)18-15(16)13-5-3-4-6-14(13)17-2/h3-10H,1-2H3. The fourth-order valence-corrected chi connectivity index (χ4v) is 3.02. The lowest BCUT2D eigenvalue weighted by Crippen LogP contribution is -1.95. The highest BCUT2D eigenvalue weighted by molar-refractivity contribution is 8.14. The largest absolute Gasteiger partial charge is 0.281 e. The molecule has 2 rings (SSSR count). The van der Waals surface area contributed by atoms with E-state index in [1.165, 1.54) is 17.3 Å². The molecule has 0 aliphatic carbocycles. The van der Waals surface area contributed by atoms with Crippen LogP contribution < -0.4 is 0 Å². The first-order valence-corrected chi connectivity index (χ1v) is 7.66. The summed E-state index contributed by atoms with van der Waals surface area (Å²) in [6.07, 6.45) is 1.99. The van der Waals surface area contributed by atoms with E-state index in [0.717, 1.165) is 15.4 Å². The Kier molecular flexibility index (Phi) is 4.50. The summed E-state index contributed by atoms with van der Waals surface area (Å²) in [6.45, 7) is 2.04. The Balaban J connectivity index is 2.19. The Morgan fingerprint density at radius 1 is 1.00 bits per heavy atom. The molecule has 18 heavy (non-hydrogen) atoms. The van der Waals surface area contributed by atoms with E-state index in [1.54, 1.807) is 11.8 Å². The average Bonchev–Trinajstić information content (AvgIpc) is 2.41. The number of hydrogen-bond acceptors (Lipinski definition) is 3. The summed E-state index contributed by atoms with van der Waals surface area (Å²) in [4.78, 5) is 14.2. The Morgan fingerprint density at radius 3 is 2.33 bits per heavy atom. The monoisotopic (exact) mass is 274 g/mol. The van der Waals surface area contributed by atoms with Crippen molar-refractivity contribution in [2.24, 2.45) is 0 Å². The molecule has 0 heterocycles. The second kappa shape index (κ2) is 6.12. The maximum absolute atomic E-state index is 12.2. The number of carbonyl (C=O) groups excluding carboxylic acids is 1. The van der Waals surface area contributed by atoms with E-state index < -0.39 is 0 Å². The van der Waals surface area contributed by atoms with Gasteiger partial charge in [0.05, 0.1) is 0 Å². The summed E-state index contributed by atoms with van der Waals surface area (Å²) in [7, 11) is 0. The van der Waals surface area contributed by atoms with Crippen LogP contribution >= 0.6 is 23.5 Å². The van der Waals surface area contributed by atoms with Gasteiger partial charge in [-0.25, -0.2) is 0 Å². The number of hydrogen-bond donors (Lipinski definition) is 0. The predicted octanol–water partition coefficient (Wildman–Crippen LogP) is 4.65. The van der Waals surface area contributed by atoms with Gasteiger partial charge in [0, 0.05) is 15.4 Å². The van der Waals surface area contributed by atoms with Crippen molar-refractivity contribution in [2.45, 2.75) is 16.7 Å². The summed E-state index contributed by atoms with van der Waals surface area (Å²) in [5.41, 5.74) is 1.99. The van der Waals surface area contributed by atoms with Gasteiger partial charge in [0.25, 0.3) is 0 Å². The molecular weight excluding hydrogens is 260 g/mol. The molecule has 0 unspecified atom stereocenters. The molecule has 0 fully saturated rings. The van der Waals surface area contributed by atoms with E-state index in [-0.39, 0.29) is 5.12 Å². The van der Waals surface area contributed by atoms with Crippen LogP contribution in [0.25, 0.3) is 0 Å². The molecule has 2 aromatic carbocycles. The van der Waals surface area contributed by atoms with Crippen molar-refractivity contribution >= 4 is 28.6 Å². The molecule has 0 bridgehead atoms. The van der Waals surface area contributed by atoms with Crippen LogP contribution in [0.5, 0.6) is 0 Å². The average molecular weight is 274 g/mol. The Morgan fingerprint density at radius 2 is 1.67 bits per heavy atom. The maximum Gasteiger partial charge on any atom is 0.225 e. The summed E-state index contributed by atoms with van der Waals surface area (Å²) in [5, 5.41) is 0.101. The molecule has 0 aliphatic rings. The van der Waals surface area contributed by atoms with Gasteiger partial charge in [0.2, 0.25) is 5.12 Å². The van der Waals surface area contributed by atoms with Crippen molar-refractivity contribution in [1.29, 1.82) is 0 Å². The number of aryl methyl sites for hydroxylation is 1. The minimum atomic E-state index is 0.101. The van der Waals surface area contributed by atoms with Gasteiger partial charge in [0.1, 0.15) is 0 Å². The molecule has 3 heteroatoms. The van der Waals surface area contributed by atoms with Gasteiger partial charge in [-0.3, -0.25) is 4.79 Å². The van der Waals surface area contributed by atoms with E-state index in [0.29, 0.717) is 0 Å². The molecule has 0 atom stereocenters. The van der Waals surface area contributed by atoms with Crippen molar-refractivity contribution < 1.29 is 4.79 Å². The third-order valence-electron chi connectivity index (χ3n) is 2.56. The van der Waals surface area contributed by atoms with Gasteiger partial charge in [-0.05, 0) is 49.2 Å². The van der Waals surface area contributed by atoms with Crippen LogP contribution in [0.15, 0.2) is 58.3 Å². The molecule has 0 spiro atoms. The number of benzene rings is 2. The molecule has 0 saturated carbocycles. The maximum atomic E-state index is 12.2. The summed E-state index contributed by atoms with van der Waals surface area (Å²) < 4.78 is 0. The van der Waals surface area contributed by atoms with Gasteiger partial charge >= 0.3 is 0 Å². The van der Waals surface area contributed by atoms with Gasteiger partial charge in [-0.2, -0.15) is 0 Å². The summed E-state index contributed by atoms with van der Waals surface area (Å²) >= 11 is 2.89. The Hall–Kier alpha value is -1.19. The van der Waals surface area contributed by atoms with E-state index >= 15 is 0 Å². The second-order valence-corrected chi connectivity index (χ2v) is 5.80. The van der Waals surface area contributed by atoms with Gasteiger partial charge in [-0.15, -0.1) is 11.8 Å². The lowest BCUT2D eigenvalue weighted by molar-refractivity contribution is 0.108. The lowest BCUT2D eigenvalue weighted by Gasteiger charge is -2.05. The van der Waals surface area contributed by atoms with Gasteiger partial charge in [0.15, 0.2) is 0 Å². The lowest BCUT2D eigenvalue weighted by atomic mass is 10.2. The zero-order chi connectivity index (χ0) is 13.0. The SMILES string of the molecule is CSc1ccccc1C(=O)Sc1ccc(C)cc1. The second-order valence-electron chi connectivity index (χ2n) is 3.90. The van der Waals surface area contributed by atoms with E-state index in [4.69, 9.17) is 0 Å². The third-order valence-corrected chi connectivity index (χ3v) is 4.27. The molecule has 0 aliphatic heterocycles. The number of carbonyl (C=O) groups is 1. The van der Waals surface area contributed by atoms with E-state index in [1.807, 2.05) is 61.7 Å². The first kappa shape index (κ1) is 13.2. The van der Waals surface area contributed by atoms with E-state index in [9.17, 15) is 4.79 Å². The van der Waals surface area contributed by atoms with Crippen LogP contribution in [-0.4, -0.2) is 11.4 Å². The van der Waals surface area contributed by atoms with Crippen LogP contribution in [-0.2, 0) is 0 Å². The molecule has 92 valence electrons. The first-order chi connectivity index (χ1) is 8.70. The number of thioether (sulfide) groups is 2. The highest BCUT2D eigenvalue weighted by atomic mass is 32.2. The van der Waals surface area contributed by atoms with Gasteiger partial charge < -0.3 is 0 Å². The first-order valence-electron chi connectivity index (χ1n) is 5.62. The van der Waals surface area contributed by atoms with Crippen LogP contribution in [0.2, 0.25) is 0 Å². The molecule has 0 saturated heterocycles.